The van der Waals surface area contributed by atoms with Crippen molar-refractivity contribution in [3.05, 3.63) is 58.6 Å². The number of H-pyrrole nitrogens is 1. The van der Waals surface area contributed by atoms with Gasteiger partial charge in [0.2, 0.25) is 0 Å². The number of nitrogens with zero attached hydrogens (tertiary/aromatic N) is 1. The quantitative estimate of drug-likeness (QED) is 0.546. The molecule has 1 aromatic carbocycles. The fourth-order valence-corrected chi connectivity index (χ4v) is 2.66. The van der Waals surface area contributed by atoms with Crippen molar-refractivity contribution in [2.24, 2.45) is 0 Å². The SMILES string of the molecule is COCCOc1ccc(F)c(C(=O)c2c[nH]c3ncccc23)c1Cl. The molecule has 1 N–H and O–H groups in total. The van der Waals surface area contributed by atoms with E-state index in [0.29, 0.717) is 23.2 Å². The van der Waals surface area contributed by atoms with Gasteiger partial charge >= 0.3 is 0 Å². The van der Waals surface area contributed by atoms with E-state index in [4.69, 9.17) is 21.1 Å². The Morgan fingerprint density at radius 3 is 2.96 bits per heavy atom. The Morgan fingerprint density at radius 2 is 2.17 bits per heavy atom. The predicted molar refractivity (Wildman–Crippen MR) is 88.3 cm³/mol. The molecule has 5 nitrogen and oxygen atoms in total. The zero-order valence-electron chi connectivity index (χ0n) is 12.8. The van der Waals surface area contributed by atoms with Crippen molar-refractivity contribution in [1.29, 1.82) is 0 Å². The molecule has 0 aliphatic heterocycles. The highest BCUT2D eigenvalue weighted by molar-refractivity contribution is 6.37. The molecule has 0 aliphatic carbocycles. The molecule has 0 aliphatic rings. The lowest BCUT2D eigenvalue weighted by molar-refractivity contribution is 0.103. The maximum Gasteiger partial charge on any atom is 0.199 e. The van der Waals surface area contributed by atoms with Crippen LogP contribution in [-0.2, 0) is 4.74 Å². The summed E-state index contributed by atoms with van der Waals surface area (Å²) in [5, 5.41) is 0.540. The Bertz CT molecular complexity index is 895. The number of hydrogen-bond acceptors (Lipinski definition) is 4. The minimum absolute atomic E-state index is 0.0608. The van der Waals surface area contributed by atoms with E-state index in [2.05, 4.69) is 9.97 Å². The largest absolute Gasteiger partial charge is 0.490 e. The van der Waals surface area contributed by atoms with Gasteiger partial charge in [0, 0.05) is 30.5 Å². The van der Waals surface area contributed by atoms with Gasteiger partial charge in [0.15, 0.2) is 5.78 Å². The van der Waals surface area contributed by atoms with Crippen LogP contribution in [0.2, 0.25) is 5.02 Å². The molecule has 3 rings (SSSR count). The van der Waals surface area contributed by atoms with Crippen LogP contribution in [0.25, 0.3) is 11.0 Å². The molecule has 0 bridgehead atoms. The third kappa shape index (κ3) is 2.98. The minimum Gasteiger partial charge on any atom is -0.490 e. The summed E-state index contributed by atoms with van der Waals surface area (Å²) in [7, 11) is 1.54. The Balaban J connectivity index is 2.01. The molecule has 0 fully saturated rings. The summed E-state index contributed by atoms with van der Waals surface area (Å²) in [5.41, 5.74) is 0.620. The zero-order valence-corrected chi connectivity index (χ0v) is 13.6. The monoisotopic (exact) mass is 348 g/mol. The Morgan fingerprint density at radius 1 is 1.33 bits per heavy atom. The van der Waals surface area contributed by atoms with Crippen molar-refractivity contribution in [2.75, 3.05) is 20.3 Å². The summed E-state index contributed by atoms with van der Waals surface area (Å²) < 4.78 is 24.6. The summed E-state index contributed by atoms with van der Waals surface area (Å²) in [6, 6.07) is 5.99. The summed E-state index contributed by atoms with van der Waals surface area (Å²) in [6.07, 6.45) is 3.10. The van der Waals surface area contributed by atoms with Crippen LogP contribution in [0.15, 0.2) is 36.7 Å². The van der Waals surface area contributed by atoms with Crippen LogP contribution in [0, 0.1) is 5.82 Å². The van der Waals surface area contributed by atoms with Crippen LogP contribution in [0.3, 0.4) is 0 Å². The first-order chi connectivity index (χ1) is 11.6. The minimum atomic E-state index is -0.706. The van der Waals surface area contributed by atoms with Gasteiger partial charge in [0.25, 0.3) is 0 Å². The van der Waals surface area contributed by atoms with Gasteiger partial charge < -0.3 is 14.5 Å². The zero-order chi connectivity index (χ0) is 17.1. The molecular weight excluding hydrogens is 335 g/mol. The molecule has 24 heavy (non-hydrogen) atoms. The predicted octanol–water partition coefficient (Wildman–Crippen LogP) is 3.61. The van der Waals surface area contributed by atoms with Crippen LogP contribution in [0.5, 0.6) is 5.75 Å². The van der Waals surface area contributed by atoms with E-state index in [0.717, 1.165) is 6.07 Å². The second kappa shape index (κ2) is 6.98. The highest BCUT2D eigenvalue weighted by Crippen LogP contribution is 2.33. The first kappa shape index (κ1) is 16.4. The molecule has 0 saturated heterocycles. The fraction of sp³-hybridized carbons (Fsp3) is 0.176. The molecule has 0 spiro atoms. The lowest BCUT2D eigenvalue weighted by atomic mass is 10.0. The molecular formula is C17H14ClFN2O3. The van der Waals surface area contributed by atoms with E-state index < -0.39 is 11.6 Å². The second-order valence-electron chi connectivity index (χ2n) is 5.01. The van der Waals surface area contributed by atoms with Gasteiger partial charge in [0.1, 0.15) is 23.8 Å². The smallest absolute Gasteiger partial charge is 0.199 e. The number of halogens is 2. The molecule has 2 aromatic heterocycles. The topological polar surface area (TPSA) is 64.2 Å². The summed E-state index contributed by atoms with van der Waals surface area (Å²) in [6.45, 7) is 0.595. The molecule has 0 radical (unpaired) electrons. The van der Waals surface area contributed by atoms with Crippen molar-refractivity contribution in [3.63, 3.8) is 0 Å². The standard InChI is InChI=1S/C17H14ClFN2O3/c1-23-7-8-24-13-5-4-12(19)14(15(13)18)16(22)11-9-21-17-10(11)3-2-6-20-17/h2-6,9H,7-8H2,1H3,(H,20,21). The van der Waals surface area contributed by atoms with E-state index in [-0.39, 0.29) is 22.9 Å². The van der Waals surface area contributed by atoms with Crippen molar-refractivity contribution < 1.29 is 18.7 Å². The number of ketones is 1. The fourth-order valence-electron chi connectivity index (χ4n) is 2.37. The number of rotatable bonds is 6. The lowest BCUT2D eigenvalue weighted by Crippen LogP contribution is -2.09. The van der Waals surface area contributed by atoms with Crippen molar-refractivity contribution in [2.45, 2.75) is 0 Å². The molecule has 7 heteroatoms. The maximum atomic E-state index is 14.2. The highest BCUT2D eigenvalue weighted by Gasteiger charge is 2.23. The average molecular weight is 349 g/mol. The highest BCUT2D eigenvalue weighted by atomic mass is 35.5. The molecule has 0 saturated carbocycles. The number of aromatic amines is 1. The molecule has 0 unspecified atom stereocenters. The summed E-state index contributed by atoms with van der Waals surface area (Å²) in [5.74, 6) is -1.01. The Hall–Kier alpha value is -2.44. The van der Waals surface area contributed by atoms with Gasteiger partial charge in [-0.1, -0.05) is 11.6 Å². The van der Waals surface area contributed by atoms with Crippen molar-refractivity contribution >= 4 is 28.4 Å². The van der Waals surface area contributed by atoms with E-state index in [1.165, 1.54) is 19.4 Å². The van der Waals surface area contributed by atoms with Gasteiger partial charge in [0.05, 0.1) is 17.2 Å². The Kier molecular flexibility index (Phi) is 4.78. The van der Waals surface area contributed by atoms with E-state index in [1.807, 2.05) is 0 Å². The number of methoxy groups -OCH3 is 1. The van der Waals surface area contributed by atoms with Crippen LogP contribution in [0.4, 0.5) is 4.39 Å². The normalized spacial score (nSPS) is 11.0. The first-order valence-corrected chi connectivity index (χ1v) is 7.57. The van der Waals surface area contributed by atoms with E-state index >= 15 is 0 Å². The van der Waals surface area contributed by atoms with E-state index in [1.54, 1.807) is 18.3 Å². The van der Waals surface area contributed by atoms with Gasteiger partial charge in [-0.15, -0.1) is 0 Å². The van der Waals surface area contributed by atoms with Crippen molar-refractivity contribution in [1.82, 2.24) is 9.97 Å². The third-order valence-electron chi connectivity index (χ3n) is 3.52. The number of hydrogen-bond donors (Lipinski definition) is 1. The number of pyridine rings is 1. The van der Waals surface area contributed by atoms with Gasteiger partial charge in [-0.3, -0.25) is 4.79 Å². The molecule has 124 valence electrons. The van der Waals surface area contributed by atoms with E-state index in [9.17, 15) is 9.18 Å². The number of nitrogens with one attached hydrogen (secondary N) is 1. The molecule has 0 atom stereocenters. The number of aromatic nitrogens is 2. The number of benzene rings is 1. The third-order valence-corrected chi connectivity index (χ3v) is 3.90. The van der Waals surface area contributed by atoms with Gasteiger partial charge in [-0.05, 0) is 24.3 Å². The average Bonchev–Trinajstić information content (AvgIpc) is 3.01. The van der Waals surface area contributed by atoms with Gasteiger partial charge in [-0.2, -0.15) is 0 Å². The van der Waals surface area contributed by atoms with Crippen LogP contribution in [0.1, 0.15) is 15.9 Å². The first-order valence-electron chi connectivity index (χ1n) is 7.20. The van der Waals surface area contributed by atoms with Crippen LogP contribution >= 0.6 is 11.6 Å². The molecule has 0 amide bonds. The lowest BCUT2D eigenvalue weighted by Gasteiger charge is -2.11. The van der Waals surface area contributed by atoms with Crippen LogP contribution < -0.4 is 4.74 Å². The summed E-state index contributed by atoms with van der Waals surface area (Å²) >= 11 is 6.20. The molecule has 3 aromatic rings. The Labute approximate surface area is 142 Å². The summed E-state index contributed by atoms with van der Waals surface area (Å²) in [4.78, 5) is 19.8. The number of fused-ring (bicyclic) bond motifs is 1. The molecule has 2 heterocycles. The van der Waals surface area contributed by atoms with Crippen molar-refractivity contribution in [3.8, 4) is 5.75 Å². The van der Waals surface area contributed by atoms with Gasteiger partial charge in [-0.25, -0.2) is 9.37 Å². The second-order valence-corrected chi connectivity index (χ2v) is 5.38. The number of carbonyl (C=O) groups excluding carboxylic acids is 1. The van der Waals surface area contributed by atoms with Crippen LogP contribution in [-0.4, -0.2) is 36.1 Å². The number of ether oxygens (including phenoxy) is 2. The number of carbonyl (C=O) groups is 1. The maximum absolute atomic E-state index is 14.2.